The number of nitrogens with two attached hydrogens (primary N) is 3. The summed E-state index contributed by atoms with van der Waals surface area (Å²) in [6, 6.07) is 0. The zero-order valence-corrected chi connectivity index (χ0v) is 27.5. The largest absolute Gasteiger partial charge is 0.339 e. The molecule has 0 fully saturated rings. The number of hydrogen-bond acceptors (Lipinski definition) is 8. The van der Waals surface area contributed by atoms with Crippen LogP contribution in [0.2, 0.25) is 0 Å². The van der Waals surface area contributed by atoms with Crippen LogP contribution in [0.15, 0.2) is 36.5 Å². The lowest BCUT2D eigenvalue weighted by molar-refractivity contribution is 0.230. The van der Waals surface area contributed by atoms with Crippen LogP contribution >= 0.6 is 34.4 Å². The van der Waals surface area contributed by atoms with E-state index in [2.05, 4.69) is 26.7 Å². The Morgan fingerprint density at radius 1 is 0.650 bits per heavy atom. The smallest absolute Gasteiger partial charge is 0.330 e. The highest BCUT2D eigenvalue weighted by molar-refractivity contribution is 7.52. The molecule has 0 radical (unpaired) electrons. The van der Waals surface area contributed by atoms with Gasteiger partial charge in [-0.15, -0.1) is 18.2 Å². The standard InChI is InChI=1S/C9H23N2O9P3.C7H15N.C4H7Cl.C2H8N2/c1-9(2)5-10(6-21(12,13)14)3-4-11(7-22(15,16)17)8-23(18,19)20;1-7(2)5-3-4-6-8;1-4(2)3-5;3-1-2-4/h1,3-8H2,2H3,(H2,12,13,14)(H2,15,16,17)(H2,18,19,20);1,3-6,8H2,2H3;1,3H2,2H3;1-4H2. The summed E-state index contributed by atoms with van der Waals surface area (Å²) in [4.78, 5) is 56.0. The first-order valence-electron chi connectivity index (χ1n) is 12.2. The zero-order chi connectivity index (χ0) is 32.6. The zero-order valence-electron chi connectivity index (χ0n) is 24.1. The maximum atomic E-state index is 11.1. The maximum absolute atomic E-state index is 11.1. The fourth-order valence-corrected chi connectivity index (χ4v) is 4.85. The quantitative estimate of drug-likeness (QED) is 0.0468. The predicted molar refractivity (Wildman–Crippen MR) is 165 cm³/mol. The lowest BCUT2D eigenvalue weighted by Gasteiger charge is -2.28. The van der Waals surface area contributed by atoms with Crippen molar-refractivity contribution < 1.29 is 43.1 Å². The van der Waals surface area contributed by atoms with E-state index in [1.807, 2.05) is 6.92 Å². The van der Waals surface area contributed by atoms with Gasteiger partial charge in [-0.1, -0.05) is 29.9 Å². The molecule has 0 rings (SSSR count). The Bertz CT molecular complexity index is 809. The van der Waals surface area contributed by atoms with Crippen molar-refractivity contribution in [1.29, 1.82) is 0 Å². The molecule has 0 aliphatic rings. The molecule has 0 saturated carbocycles. The molecule has 0 aliphatic carbocycles. The van der Waals surface area contributed by atoms with Gasteiger partial charge in [0.1, 0.15) is 18.9 Å². The monoisotopic (exact) mass is 659 g/mol. The first-order chi connectivity index (χ1) is 18.0. The number of allylic oxidation sites excluding steroid dienone is 2. The summed E-state index contributed by atoms with van der Waals surface area (Å²) in [5.41, 5.74) is 18.0. The Morgan fingerprint density at radius 3 is 1.25 bits per heavy atom. The third-order valence-electron chi connectivity index (χ3n) is 3.83. The van der Waals surface area contributed by atoms with Crippen molar-refractivity contribution in [3.05, 3.63) is 36.5 Å². The molecule has 0 heterocycles. The van der Waals surface area contributed by atoms with E-state index >= 15 is 0 Å². The van der Waals surface area contributed by atoms with Crippen molar-refractivity contribution in [2.45, 2.75) is 40.0 Å². The number of nitrogens with zero attached hydrogens (tertiary/aromatic N) is 2. The van der Waals surface area contributed by atoms with E-state index in [4.69, 9.17) is 58.2 Å². The number of hydrogen-bond donors (Lipinski definition) is 9. The Labute approximate surface area is 244 Å². The summed E-state index contributed by atoms with van der Waals surface area (Å²) in [5.74, 6) is 0.583. The number of halogens is 1. The molecule has 0 aromatic rings. The van der Waals surface area contributed by atoms with Crippen molar-refractivity contribution in [3.8, 4) is 0 Å². The number of alkyl halides is 1. The SMILES string of the molecule is C=C(C)CCCCN.C=C(C)CCl.C=C(C)CN(CCN(CP(=O)(O)O)CP(=O)(O)O)CP(=O)(O)O.NCCN. The molecule has 40 heavy (non-hydrogen) atoms. The topological polar surface area (TPSA) is 257 Å². The van der Waals surface area contributed by atoms with Gasteiger partial charge in [0.15, 0.2) is 0 Å². The normalized spacial score (nSPS) is 11.5. The Kier molecular flexibility index (Phi) is 30.8. The highest BCUT2D eigenvalue weighted by Gasteiger charge is 2.27. The molecule has 18 heteroatoms. The number of rotatable bonds is 17. The first kappa shape index (κ1) is 46.7. The Morgan fingerprint density at radius 2 is 1.00 bits per heavy atom. The van der Waals surface area contributed by atoms with Gasteiger partial charge in [-0.3, -0.25) is 23.5 Å². The highest BCUT2D eigenvalue weighted by atomic mass is 35.5. The van der Waals surface area contributed by atoms with Gasteiger partial charge in [-0.25, -0.2) is 0 Å². The summed E-state index contributed by atoms with van der Waals surface area (Å²) >= 11 is 5.24. The van der Waals surface area contributed by atoms with Crippen LogP contribution in [0.1, 0.15) is 40.0 Å². The number of unbranched alkanes of at least 4 members (excludes halogenated alkanes) is 1. The third kappa shape index (κ3) is 50.6. The van der Waals surface area contributed by atoms with E-state index in [1.165, 1.54) is 16.9 Å². The van der Waals surface area contributed by atoms with Crippen molar-refractivity contribution in [3.63, 3.8) is 0 Å². The molecule has 0 unspecified atom stereocenters. The van der Waals surface area contributed by atoms with Gasteiger partial charge in [0, 0.05) is 38.6 Å². The molecule has 12 N–H and O–H groups in total. The lowest BCUT2D eigenvalue weighted by atomic mass is 10.1. The fourth-order valence-electron chi connectivity index (χ4n) is 2.40. The molecule has 0 bridgehead atoms. The third-order valence-corrected chi connectivity index (χ3v) is 6.59. The van der Waals surface area contributed by atoms with E-state index in [9.17, 15) is 13.7 Å². The second kappa shape index (κ2) is 26.4. The van der Waals surface area contributed by atoms with Crippen LogP contribution in [-0.2, 0) is 13.7 Å². The van der Waals surface area contributed by atoms with Gasteiger partial charge in [-0.2, -0.15) is 0 Å². The summed E-state index contributed by atoms with van der Waals surface area (Å²) in [5, 5.41) is 0. The Hall–Kier alpha value is -0.240. The van der Waals surface area contributed by atoms with Crippen LogP contribution in [0, 0.1) is 0 Å². The van der Waals surface area contributed by atoms with Crippen molar-refractivity contribution >= 4 is 34.4 Å². The van der Waals surface area contributed by atoms with Gasteiger partial charge in [0.05, 0.1) is 0 Å². The molecule has 0 aromatic heterocycles. The van der Waals surface area contributed by atoms with E-state index in [0.29, 0.717) is 24.5 Å². The van der Waals surface area contributed by atoms with E-state index < -0.39 is 41.6 Å². The molecule has 0 amide bonds. The molecule has 0 saturated heterocycles. The van der Waals surface area contributed by atoms with Gasteiger partial charge in [0.25, 0.3) is 0 Å². The minimum atomic E-state index is -4.54. The average Bonchev–Trinajstić information content (AvgIpc) is 2.75. The lowest BCUT2D eigenvalue weighted by Crippen LogP contribution is -2.37. The highest BCUT2D eigenvalue weighted by Crippen LogP contribution is 2.41. The first-order valence-corrected chi connectivity index (χ1v) is 18.1. The van der Waals surface area contributed by atoms with Gasteiger partial charge < -0.3 is 46.6 Å². The van der Waals surface area contributed by atoms with Gasteiger partial charge >= 0.3 is 22.8 Å². The summed E-state index contributed by atoms with van der Waals surface area (Å²) in [7, 11) is -13.4. The summed E-state index contributed by atoms with van der Waals surface area (Å²) in [6.07, 6.45) is 1.14. The molecule has 0 spiro atoms. The summed E-state index contributed by atoms with van der Waals surface area (Å²) in [6.45, 7) is 18.4. The predicted octanol–water partition coefficient (Wildman–Crippen LogP) is 1.97. The fraction of sp³-hybridized carbons (Fsp3) is 0.727. The van der Waals surface area contributed by atoms with Crippen molar-refractivity contribution in [2.24, 2.45) is 17.2 Å². The second-order valence-electron chi connectivity index (χ2n) is 9.19. The van der Waals surface area contributed by atoms with Crippen LogP contribution in [-0.4, -0.2) is 103 Å². The van der Waals surface area contributed by atoms with Crippen molar-refractivity contribution in [2.75, 3.05) is 64.0 Å². The minimum Gasteiger partial charge on any atom is -0.330 e. The average molecular weight is 660 g/mol. The molecule has 0 aliphatic heterocycles. The van der Waals surface area contributed by atoms with Crippen molar-refractivity contribution in [1.82, 2.24) is 9.80 Å². The molecule has 14 nitrogen and oxygen atoms in total. The van der Waals surface area contributed by atoms with Crippen LogP contribution in [0.4, 0.5) is 0 Å². The van der Waals surface area contributed by atoms with Crippen LogP contribution in [0.25, 0.3) is 0 Å². The molecule has 0 atom stereocenters. The van der Waals surface area contributed by atoms with E-state index in [-0.39, 0.29) is 19.6 Å². The van der Waals surface area contributed by atoms with Crippen LogP contribution in [0.5, 0.6) is 0 Å². The minimum absolute atomic E-state index is 0.0576. The van der Waals surface area contributed by atoms with Crippen LogP contribution < -0.4 is 17.2 Å². The second-order valence-corrected chi connectivity index (χ2v) is 14.3. The molecule has 242 valence electrons. The molecule has 0 aromatic carbocycles. The van der Waals surface area contributed by atoms with Crippen LogP contribution in [0.3, 0.4) is 0 Å². The van der Waals surface area contributed by atoms with E-state index in [1.54, 1.807) is 6.92 Å². The molecular weight excluding hydrogens is 607 g/mol. The van der Waals surface area contributed by atoms with Gasteiger partial charge in [0.2, 0.25) is 0 Å². The summed E-state index contributed by atoms with van der Waals surface area (Å²) < 4.78 is 33.1. The molecular formula is C22H53ClN5O9P3. The van der Waals surface area contributed by atoms with E-state index in [0.717, 1.165) is 29.9 Å². The Balaban J connectivity index is -0.000000308. The van der Waals surface area contributed by atoms with Gasteiger partial charge in [-0.05, 0) is 46.6 Å². The maximum Gasteiger partial charge on any atom is 0.339 e.